The molecule has 0 spiro atoms. The van der Waals surface area contributed by atoms with E-state index in [0.29, 0.717) is 17.4 Å². The Hall–Kier alpha value is -2.60. The van der Waals surface area contributed by atoms with Crippen molar-refractivity contribution in [3.8, 4) is 5.75 Å². The number of anilines is 1. The highest BCUT2D eigenvalue weighted by Gasteiger charge is 2.24. The summed E-state index contributed by atoms with van der Waals surface area (Å²) in [6, 6.07) is 15.4. The number of amides is 1. The van der Waals surface area contributed by atoms with E-state index in [-0.39, 0.29) is 5.91 Å². The molecule has 1 amide bonds. The van der Waals surface area contributed by atoms with Crippen LogP contribution in [-0.2, 0) is 0 Å². The maximum atomic E-state index is 12.5. The molecule has 2 aromatic carbocycles. The molecule has 0 unspecified atom stereocenters. The minimum Gasteiger partial charge on any atom is -0.489 e. The smallest absolute Gasteiger partial charge is 0.297 e. The zero-order valence-electron chi connectivity index (χ0n) is 14.7. The van der Waals surface area contributed by atoms with E-state index < -0.39 is 0 Å². The van der Waals surface area contributed by atoms with Gasteiger partial charge in [0.1, 0.15) is 11.3 Å². The summed E-state index contributed by atoms with van der Waals surface area (Å²) in [7, 11) is 3.94. The van der Waals surface area contributed by atoms with Gasteiger partial charge in [0.15, 0.2) is 5.76 Å². The minimum atomic E-state index is -0.265. The van der Waals surface area contributed by atoms with Crippen LogP contribution in [0.2, 0.25) is 0 Å². The molecule has 0 atom stereocenters. The van der Waals surface area contributed by atoms with Crippen LogP contribution in [0.5, 0.6) is 5.75 Å². The second-order valence-corrected chi connectivity index (χ2v) is 7.37. The fraction of sp³-hybridized carbons (Fsp3) is 0.250. The maximum Gasteiger partial charge on any atom is 0.297 e. The molecule has 6 heteroatoms. The monoisotopic (exact) mass is 368 g/mol. The Morgan fingerprint density at radius 1 is 1.19 bits per heavy atom. The van der Waals surface area contributed by atoms with E-state index in [1.165, 1.54) is 11.9 Å². The first kappa shape index (κ1) is 16.8. The standard InChI is InChI=1S/C20H20N2O3S/c1-22(2)14-8-7-13-11-18(25-17(13)12-14)20(23)21-26-19-6-4-3-5-16(19)24-15-9-10-15/h3-8,11-12,15H,9-10H2,1-2H3,(H,21,23). The predicted molar refractivity (Wildman–Crippen MR) is 104 cm³/mol. The van der Waals surface area contributed by atoms with E-state index in [9.17, 15) is 4.79 Å². The number of para-hydroxylation sites is 1. The molecule has 0 saturated heterocycles. The van der Waals surface area contributed by atoms with Gasteiger partial charge in [-0.25, -0.2) is 0 Å². The van der Waals surface area contributed by atoms with Crippen LogP contribution in [0.1, 0.15) is 23.4 Å². The van der Waals surface area contributed by atoms with Crippen LogP contribution in [0.4, 0.5) is 5.69 Å². The summed E-state index contributed by atoms with van der Waals surface area (Å²) in [5, 5.41) is 0.906. The molecule has 1 saturated carbocycles. The average Bonchev–Trinajstić information content (AvgIpc) is 3.35. The molecule has 3 aromatic rings. The lowest BCUT2D eigenvalue weighted by Gasteiger charge is -2.11. The molecule has 1 heterocycles. The number of ether oxygens (including phenoxy) is 1. The van der Waals surface area contributed by atoms with Gasteiger partial charge in [0.25, 0.3) is 5.91 Å². The lowest BCUT2D eigenvalue weighted by Crippen LogP contribution is -2.15. The molecular formula is C20H20N2O3S. The lowest BCUT2D eigenvalue weighted by molar-refractivity contribution is 0.0959. The highest BCUT2D eigenvalue weighted by molar-refractivity contribution is 7.98. The Morgan fingerprint density at radius 2 is 2.00 bits per heavy atom. The van der Waals surface area contributed by atoms with Gasteiger partial charge < -0.3 is 14.1 Å². The van der Waals surface area contributed by atoms with Gasteiger partial charge in [0.05, 0.1) is 11.0 Å². The highest BCUT2D eigenvalue weighted by atomic mass is 32.2. The Morgan fingerprint density at radius 3 is 2.77 bits per heavy atom. The summed E-state index contributed by atoms with van der Waals surface area (Å²) in [5.74, 6) is 0.836. The molecule has 1 fully saturated rings. The molecule has 5 nitrogen and oxygen atoms in total. The van der Waals surface area contributed by atoms with Crippen LogP contribution in [0.25, 0.3) is 11.0 Å². The van der Waals surface area contributed by atoms with Gasteiger partial charge in [-0.05, 0) is 55.1 Å². The molecule has 0 aliphatic heterocycles. The van der Waals surface area contributed by atoms with Crippen molar-refractivity contribution in [2.24, 2.45) is 0 Å². The van der Waals surface area contributed by atoms with Gasteiger partial charge in [0.2, 0.25) is 0 Å². The summed E-state index contributed by atoms with van der Waals surface area (Å²) < 4.78 is 14.4. The predicted octanol–water partition coefficient (Wildman–Crippen LogP) is 4.48. The molecular weight excluding hydrogens is 348 g/mol. The van der Waals surface area contributed by atoms with Gasteiger partial charge in [0, 0.05) is 31.2 Å². The summed E-state index contributed by atoms with van der Waals surface area (Å²) in [4.78, 5) is 15.4. The first-order valence-electron chi connectivity index (χ1n) is 8.54. The number of benzene rings is 2. The van der Waals surface area contributed by atoms with Gasteiger partial charge in [-0.1, -0.05) is 12.1 Å². The normalized spacial score (nSPS) is 13.6. The van der Waals surface area contributed by atoms with Crippen LogP contribution in [0.3, 0.4) is 0 Å². The number of nitrogens with zero attached hydrogens (tertiary/aromatic N) is 1. The maximum absolute atomic E-state index is 12.5. The van der Waals surface area contributed by atoms with Crippen LogP contribution in [0.15, 0.2) is 57.8 Å². The van der Waals surface area contributed by atoms with Crippen molar-refractivity contribution in [3.63, 3.8) is 0 Å². The van der Waals surface area contributed by atoms with Crippen LogP contribution >= 0.6 is 11.9 Å². The number of rotatable bonds is 6. The van der Waals surface area contributed by atoms with Crippen LogP contribution < -0.4 is 14.4 Å². The van der Waals surface area contributed by atoms with E-state index in [2.05, 4.69) is 4.72 Å². The van der Waals surface area contributed by atoms with Crippen molar-refractivity contribution in [1.29, 1.82) is 0 Å². The molecule has 1 aliphatic carbocycles. The van der Waals surface area contributed by atoms with Crippen molar-refractivity contribution in [2.75, 3.05) is 19.0 Å². The topological polar surface area (TPSA) is 54.7 Å². The lowest BCUT2D eigenvalue weighted by atomic mass is 10.2. The third kappa shape index (κ3) is 3.65. The fourth-order valence-corrected chi connectivity index (χ4v) is 3.23. The molecule has 26 heavy (non-hydrogen) atoms. The van der Waals surface area contributed by atoms with E-state index in [1.807, 2.05) is 61.5 Å². The Labute approximate surface area is 156 Å². The number of fused-ring (bicyclic) bond motifs is 1. The fourth-order valence-electron chi connectivity index (χ4n) is 2.56. The first-order chi connectivity index (χ1) is 12.6. The van der Waals surface area contributed by atoms with E-state index in [0.717, 1.165) is 34.6 Å². The number of nitrogens with one attached hydrogen (secondary N) is 1. The molecule has 134 valence electrons. The largest absolute Gasteiger partial charge is 0.489 e. The third-order valence-electron chi connectivity index (χ3n) is 4.16. The highest BCUT2D eigenvalue weighted by Crippen LogP contribution is 2.33. The van der Waals surface area contributed by atoms with Gasteiger partial charge >= 0.3 is 0 Å². The summed E-state index contributed by atoms with van der Waals surface area (Å²) in [5.41, 5.74) is 1.73. The second kappa shape index (κ2) is 6.96. The molecule has 0 bridgehead atoms. The zero-order valence-corrected chi connectivity index (χ0v) is 15.5. The van der Waals surface area contributed by atoms with E-state index in [4.69, 9.17) is 9.15 Å². The molecule has 1 aliphatic rings. The first-order valence-corrected chi connectivity index (χ1v) is 9.35. The van der Waals surface area contributed by atoms with Crippen molar-refractivity contribution in [3.05, 3.63) is 54.3 Å². The molecule has 4 rings (SSSR count). The van der Waals surface area contributed by atoms with Crippen molar-refractivity contribution in [1.82, 2.24) is 4.72 Å². The molecule has 1 aromatic heterocycles. The van der Waals surface area contributed by atoms with Crippen molar-refractivity contribution < 1.29 is 13.9 Å². The summed E-state index contributed by atoms with van der Waals surface area (Å²) in [6.45, 7) is 0. The SMILES string of the molecule is CN(C)c1ccc2cc(C(=O)NSc3ccccc3OC3CC3)oc2c1. The number of furan rings is 1. The Balaban J connectivity index is 1.47. The van der Waals surface area contributed by atoms with Gasteiger partial charge in [-0.3, -0.25) is 9.52 Å². The van der Waals surface area contributed by atoms with Crippen molar-refractivity contribution in [2.45, 2.75) is 23.8 Å². The molecule has 0 radical (unpaired) electrons. The van der Waals surface area contributed by atoms with E-state index in [1.54, 1.807) is 6.07 Å². The Bertz CT molecular complexity index is 947. The van der Waals surface area contributed by atoms with E-state index >= 15 is 0 Å². The van der Waals surface area contributed by atoms with Gasteiger partial charge in [-0.15, -0.1) is 0 Å². The quantitative estimate of drug-likeness (QED) is 0.650. The van der Waals surface area contributed by atoms with Gasteiger partial charge in [-0.2, -0.15) is 0 Å². The zero-order chi connectivity index (χ0) is 18.1. The number of hydrogen-bond acceptors (Lipinski definition) is 5. The third-order valence-corrected chi connectivity index (χ3v) is 5.01. The number of carbonyl (C=O) groups is 1. The van der Waals surface area contributed by atoms with Crippen LogP contribution in [0, 0.1) is 0 Å². The van der Waals surface area contributed by atoms with Crippen molar-refractivity contribution >= 4 is 34.5 Å². The Kier molecular flexibility index (Phi) is 4.51. The molecule has 1 N–H and O–H groups in total. The average molecular weight is 368 g/mol. The summed E-state index contributed by atoms with van der Waals surface area (Å²) >= 11 is 1.24. The summed E-state index contributed by atoms with van der Waals surface area (Å²) in [6.07, 6.45) is 2.51. The second-order valence-electron chi connectivity index (χ2n) is 6.52. The minimum absolute atomic E-state index is 0.265. The number of carbonyl (C=O) groups excluding carboxylic acids is 1. The number of hydrogen-bond donors (Lipinski definition) is 1. The van der Waals surface area contributed by atoms with Crippen LogP contribution in [-0.4, -0.2) is 26.1 Å².